The van der Waals surface area contributed by atoms with E-state index in [9.17, 15) is 9.59 Å². The van der Waals surface area contributed by atoms with E-state index in [1.165, 1.54) is 0 Å². The van der Waals surface area contributed by atoms with Crippen molar-refractivity contribution in [2.24, 2.45) is 23.7 Å². The molecule has 98 valence electrons. The van der Waals surface area contributed by atoms with Crippen LogP contribution in [0.25, 0.3) is 0 Å². The summed E-state index contributed by atoms with van der Waals surface area (Å²) in [5.41, 5.74) is 0. The zero-order valence-corrected chi connectivity index (χ0v) is 12.3. The van der Waals surface area contributed by atoms with Gasteiger partial charge in [-0.3, -0.25) is 14.5 Å². The van der Waals surface area contributed by atoms with Crippen molar-refractivity contribution in [3.8, 4) is 0 Å². The molecule has 0 aromatic carbocycles. The molecule has 4 atom stereocenters. The average molecular weight is 263 g/mol. The van der Waals surface area contributed by atoms with Gasteiger partial charge in [-0.2, -0.15) is 0 Å². The van der Waals surface area contributed by atoms with Crippen LogP contribution in [0.2, 0.25) is 25.7 Å². The molecule has 3 aliphatic rings. The highest BCUT2D eigenvalue weighted by Gasteiger charge is 2.58. The number of allylic oxidation sites excluding steroid dienone is 2. The molecular weight excluding hydrogens is 242 g/mol. The van der Waals surface area contributed by atoms with Crippen molar-refractivity contribution in [1.82, 2.24) is 4.90 Å². The van der Waals surface area contributed by atoms with Gasteiger partial charge >= 0.3 is 0 Å². The zero-order valence-electron chi connectivity index (χ0n) is 11.3. The van der Waals surface area contributed by atoms with E-state index in [2.05, 4.69) is 31.8 Å². The largest absolute Gasteiger partial charge is 0.282 e. The van der Waals surface area contributed by atoms with Crippen molar-refractivity contribution in [1.29, 1.82) is 0 Å². The number of likely N-dealkylation sites (tertiary alicyclic amines) is 1. The molecule has 1 aliphatic heterocycles. The van der Waals surface area contributed by atoms with E-state index < -0.39 is 8.07 Å². The maximum atomic E-state index is 12.4. The number of carbonyl (C=O) groups is 2. The highest BCUT2D eigenvalue weighted by molar-refractivity contribution is 6.76. The fourth-order valence-corrected chi connectivity index (χ4v) is 4.53. The minimum absolute atomic E-state index is 0.0193. The molecule has 0 aromatic heterocycles. The van der Waals surface area contributed by atoms with Crippen molar-refractivity contribution in [2.45, 2.75) is 32.1 Å². The van der Waals surface area contributed by atoms with Crippen molar-refractivity contribution in [2.75, 3.05) is 6.54 Å². The molecule has 3 nitrogen and oxygen atoms in total. The quantitative estimate of drug-likeness (QED) is 0.444. The third kappa shape index (κ3) is 1.69. The van der Waals surface area contributed by atoms with E-state index in [-0.39, 0.29) is 23.7 Å². The minimum Gasteiger partial charge on any atom is -0.282 e. The van der Waals surface area contributed by atoms with Gasteiger partial charge in [-0.05, 0) is 24.3 Å². The SMILES string of the molecule is C[Si](C)(C)CCN1C(=O)[C@@H]2[C@H](C1=O)[C@@H]1C=C[C@H]2C1. The van der Waals surface area contributed by atoms with Gasteiger partial charge in [-0.25, -0.2) is 0 Å². The first-order valence-electron chi connectivity index (χ1n) is 6.92. The van der Waals surface area contributed by atoms with Crippen LogP contribution in [-0.4, -0.2) is 31.3 Å². The molecule has 1 saturated carbocycles. The summed E-state index contributed by atoms with van der Waals surface area (Å²) in [7, 11) is -1.20. The van der Waals surface area contributed by atoms with Gasteiger partial charge < -0.3 is 0 Å². The minimum atomic E-state index is -1.20. The Labute approximate surface area is 109 Å². The van der Waals surface area contributed by atoms with Crippen LogP contribution in [0, 0.1) is 23.7 Å². The first kappa shape index (κ1) is 12.1. The lowest BCUT2D eigenvalue weighted by Crippen LogP contribution is -2.37. The molecule has 18 heavy (non-hydrogen) atoms. The summed E-state index contributed by atoms with van der Waals surface area (Å²) in [5.74, 6) is 0.866. The molecule has 2 fully saturated rings. The van der Waals surface area contributed by atoms with Gasteiger partial charge in [0, 0.05) is 14.6 Å². The standard InChI is InChI=1S/C14H21NO2Si/c1-18(2,3)7-6-15-13(16)11-9-4-5-10(8-9)12(11)14(15)17/h4-5,9-12H,6-8H2,1-3H3/t9-,10+,11-,12+. The Bertz CT molecular complexity index is 408. The van der Waals surface area contributed by atoms with Gasteiger partial charge in [-0.15, -0.1) is 0 Å². The smallest absolute Gasteiger partial charge is 0.233 e. The Morgan fingerprint density at radius 2 is 1.61 bits per heavy atom. The zero-order chi connectivity index (χ0) is 13.1. The molecule has 2 bridgehead atoms. The summed E-state index contributed by atoms with van der Waals surface area (Å²) in [6, 6.07) is 1.02. The van der Waals surface area contributed by atoms with Gasteiger partial charge in [0.25, 0.3) is 0 Å². The molecule has 1 saturated heterocycles. The lowest BCUT2D eigenvalue weighted by molar-refractivity contribution is -0.140. The number of hydrogen-bond acceptors (Lipinski definition) is 2. The number of amides is 2. The molecule has 4 heteroatoms. The van der Waals surface area contributed by atoms with Crippen molar-refractivity contribution >= 4 is 19.9 Å². The highest BCUT2D eigenvalue weighted by atomic mass is 28.3. The second-order valence-electron chi connectivity index (χ2n) is 7.14. The molecule has 0 aromatic rings. The van der Waals surface area contributed by atoms with Crippen LogP contribution in [0.3, 0.4) is 0 Å². The maximum Gasteiger partial charge on any atom is 0.233 e. The maximum absolute atomic E-state index is 12.4. The van der Waals surface area contributed by atoms with Crippen LogP contribution >= 0.6 is 0 Å². The molecule has 0 N–H and O–H groups in total. The van der Waals surface area contributed by atoms with Crippen LogP contribution < -0.4 is 0 Å². The Hall–Kier alpha value is -0.903. The van der Waals surface area contributed by atoms with E-state index in [1.54, 1.807) is 4.90 Å². The van der Waals surface area contributed by atoms with Crippen LogP contribution in [0.4, 0.5) is 0 Å². The first-order valence-corrected chi connectivity index (χ1v) is 10.6. The number of imide groups is 1. The Balaban J connectivity index is 1.76. The number of nitrogens with zero attached hydrogens (tertiary/aromatic N) is 1. The van der Waals surface area contributed by atoms with Gasteiger partial charge in [0.2, 0.25) is 11.8 Å². The lowest BCUT2D eigenvalue weighted by Gasteiger charge is -2.22. The molecule has 1 heterocycles. The molecule has 3 rings (SSSR count). The third-order valence-electron chi connectivity index (χ3n) is 4.65. The van der Waals surface area contributed by atoms with E-state index in [0.29, 0.717) is 18.4 Å². The van der Waals surface area contributed by atoms with Crippen molar-refractivity contribution < 1.29 is 9.59 Å². The predicted octanol–water partition coefficient (Wildman–Crippen LogP) is 2.13. The lowest BCUT2D eigenvalue weighted by atomic mass is 9.85. The summed E-state index contributed by atoms with van der Waals surface area (Å²) < 4.78 is 0. The summed E-state index contributed by atoms with van der Waals surface area (Å²) in [5, 5.41) is 0. The van der Waals surface area contributed by atoms with E-state index in [0.717, 1.165) is 12.5 Å². The highest BCUT2D eigenvalue weighted by Crippen LogP contribution is 2.52. The predicted molar refractivity (Wildman–Crippen MR) is 72.6 cm³/mol. The molecule has 2 aliphatic carbocycles. The molecule has 0 unspecified atom stereocenters. The summed E-state index contributed by atoms with van der Waals surface area (Å²) in [4.78, 5) is 26.4. The summed E-state index contributed by atoms with van der Waals surface area (Å²) in [6.07, 6.45) is 5.33. The van der Waals surface area contributed by atoms with Crippen LogP contribution in [0.15, 0.2) is 12.2 Å². The fraction of sp³-hybridized carbons (Fsp3) is 0.714. The van der Waals surface area contributed by atoms with E-state index >= 15 is 0 Å². The van der Waals surface area contributed by atoms with Crippen LogP contribution in [0.5, 0.6) is 0 Å². The van der Waals surface area contributed by atoms with Gasteiger partial charge in [-0.1, -0.05) is 31.8 Å². The van der Waals surface area contributed by atoms with E-state index in [4.69, 9.17) is 0 Å². The molecule has 0 radical (unpaired) electrons. The van der Waals surface area contributed by atoms with Gasteiger partial charge in [0.05, 0.1) is 11.8 Å². The second kappa shape index (κ2) is 3.79. The van der Waals surface area contributed by atoms with Gasteiger partial charge in [0.15, 0.2) is 0 Å². The van der Waals surface area contributed by atoms with Gasteiger partial charge in [0.1, 0.15) is 0 Å². The molecule has 0 spiro atoms. The van der Waals surface area contributed by atoms with Crippen molar-refractivity contribution in [3.05, 3.63) is 12.2 Å². The Morgan fingerprint density at radius 1 is 1.11 bits per heavy atom. The summed E-state index contributed by atoms with van der Waals surface area (Å²) in [6.45, 7) is 7.50. The molecular formula is C14H21NO2Si. The third-order valence-corrected chi connectivity index (χ3v) is 6.37. The summed E-state index contributed by atoms with van der Waals surface area (Å²) >= 11 is 0. The first-order chi connectivity index (χ1) is 8.38. The van der Waals surface area contributed by atoms with E-state index in [1.807, 2.05) is 0 Å². The van der Waals surface area contributed by atoms with Crippen LogP contribution in [-0.2, 0) is 9.59 Å². The number of hydrogen-bond donors (Lipinski definition) is 0. The normalized spacial score (nSPS) is 37.8. The average Bonchev–Trinajstić information content (AvgIpc) is 2.90. The number of fused-ring (bicyclic) bond motifs is 5. The fourth-order valence-electron chi connectivity index (χ4n) is 3.63. The monoisotopic (exact) mass is 263 g/mol. The second-order valence-corrected chi connectivity index (χ2v) is 12.8. The topological polar surface area (TPSA) is 37.4 Å². The van der Waals surface area contributed by atoms with Crippen LogP contribution in [0.1, 0.15) is 6.42 Å². The Morgan fingerprint density at radius 3 is 2.06 bits per heavy atom. The number of carbonyl (C=O) groups excluding carboxylic acids is 2. The van der Waals surface area contributed by atoms with Crippen molar-refractivity contribution in [3.63, 3.8) is 0 Å². The Kier molecular flexibility index (Phi) is 2.56. The molecule has 2 amide bonds. The number of rotatable bonds is 3.